The number of rotatable bonds is 18. The van der Waals surface area contributed by atoms with Crippen LogP contribution in [-0.2, 0) is 50.3 Å². The highest BCUT2D eigenvalue weighted by atomic mass is 16.6. The van der Waals surface area contributed by atoms with Crippen molar-refractivity contribution < 1.29 is 33.4 Å². The van der Waals surface area contributed by atoms with Crippen LogP contribution in [0.25, 0.3) is 0 Å². The van der Waals surface area contributed by atoms with Gasteiger partial charge in [0.05, 0.1) is 37.2 Å². The average Bonchev–Trinajstić information content (AvgIpc) is 3.43. The molecule has 258 valence electrons. The number of amides is 2. The zero-order chi connectivity index (χ0) is 35.3. The number of hydrogen-bond acceptors (Lipinski definition) is 8. The van der Waals surface area contributed by atoms with E-state index in [0.717, 1.165) is 27.2 Å². The van der Waals surface area contributed by atoms with Gasteiger partial charge in [0.2, 0.25) is 0 Å². The molecule has 0 aromatic heterocycles. The summed E-state index contributed by atoms with van der Waals surface area (Å²) in [6.07, 6.45) is -1.16. The molecule has 0 bridgehead atoms. The molecular formula is C42H38N2O7. The number of carbonyl (C=O) groups excluding carboxylic acids is 3. The normalized spacial score (nSPS) is 14.3. The standard InChI is InChI=1S/C42H38N2O7/c45-38(30-48-26-31-15-5-1-6-16-31)40(50-28-33-19-9-3-10-20-33)39(49-27-32-17-7-2-8-18-32)37(25-43-51-29-34-21-11-4-12-22-34)44-41(46)35-23-13-14-24-36(35)42(44)47/h1-25,37,39-40H,26-30H2/b43-25+/t37-,39+,40+/m0/s1. The predicted molar refractivity (Wildman–Crippen MR) is 192 cm³/mol. The van der Waals surface area contributed by atoms with E-state index in [1.807, 2.05) is 121 Å². The summed E-state index contributed by atoms with van der Waals surface area (Å²) < 4.78 is 18.8. The Labute approximate surface area is 297 Å². The first-order chi connectivity index (χ1) is 25.1. The van der Waals surface area contributed by atoms with Gasteiger partial charge in [0.25, 0.3) is 11.8 Å². The molecule has 5 aromatic rings. The molecule has 9 nitrogen and oxygen atoms in total. The van der Waals surface area contributed by atoms with Gasteiger partial charge in [0.1, 0.15) is 31.5 Å². The van der Waals surface area contributed by atoms with Crippen molar-refractivity contribution in [2.45, 2.75) is 44.7 Å². The molecule has 9 heteroatoms. The van der Waals surface area contributed by atoms with Gasteiger partial charge < -0.3 is 19.0 Å². The van der Waals surface area contributed by atoms with Crippen molar-refractivity contribution in [1.82, 2.24) is 4.90 Å². The number of benzene rings is 5. The Hall–Kier alpha value is -5.74. The summed E-state index contributed by atoms with van der Waals surface area (Å²) >= 11 is 0. The molecule has 0 fully saturated rings. The lowest BCUT2D eigenvalue weighted by Crippen LogP contribution is -2.56. The highest BCUT2D eigenvalue weighted by Gasteiger charge is 2.47. The minimum atomic E-state index is -1.29. The fourth-order valence-electron chi connectivity index (χ4n) is 5.76. The van der Waals surface area contributed by atoms with Crippen LogP contribution in [0.5, 0.6) is 0 Å². The highest BCUT2D eigenvalue weighted by Crippen LogP contribution is 2.28. The van der Waals surface area contributed by atoms with Gasteiger partial charge >= 0.3 is 0 Å². The molecule has 0 saturated carbocycles. The Bertz CT molecular complexity index is 1870. The van der Waals surface area contributed by atoms with Crippen molar-refractivity contribution in [1.29, 1.82) is 0 Å². The van der Waals surface area contributed by atoms with E-state index in [1.165, 1.54) is 6.21 Å². The first-order valence-electron chi connectivity index (χ1n) is 16.7. The fourth-order valence-corrected chi connectivity index (χ4v) is 5.76. The minimum absolute atomic E-state index is 0.0488. The molecule has 0 aliphatic carbocycles. The molecule has 1 aliphatic rings. The molecule has 0 N–H and O–H groups in total. The smallest absolute Gasteiger partial charge is 0.262 e. The number of imide groups is 1. The second-order valence-corrected chi connectivity index (χ2v) is 12.0. The number of oxime groups is 1. The fraction of sp³-hybridized carbons (Fsp3) is 0.190. The van der Waals surface area contributed by atoms with E-state index in [2.05, 4.69) is 5.16 Å². The molecule has 2 amide bonds. The van der Waals surface area contributed by atoms with Crippen LogP contribution >= 0.6 is 0 Å². The molecule has 51 heavy (non-hydrogen) atoms. The second-order valence-electron chi connectivity index (χ2n) is 12.0. The third kappa shape index (κ3) is 9.29. The summed E-state index contributed by atoms with van der Waals surface area (Å²) in [4.78, 5) is 48.9. The first kappa shape index (κ1) is 35.1. The number of fused-ring (bicyclic) bond motifs is 1. The van der Waals surface area contributed by atoms with Crippen LogP contribution in [0.1, 0.15) is 43.0 Å². The zero-order valence-electron chi connectivity index (χ0n) is 28.0. The third-order valence-corrected chi connectivity index (χ3v) is 8.35. The summed E-state index contributed by atoms with van der Waals surface area (Å²) in [5.41, 5.74) is 3.89. The van der Waals surface area contributed by atoms with Crippen molar-refractivity contribution >= 4 is 23.8 Å². The maximum absolute atomic E-state index is 14.2. The van der Waals surface area contributed by atoms with Crippen molar-refractivity contribution in [3.05, 3.63) is 179 Å². The quantitative estimate of drug-likeness (QED) is 0.0568. The molecule has 3 atom stereocenters. The summed E-state index contributed by atoms with van der Waals surface area (Å²) in [5.74, 6) is -1.52. The molecule has 0 unspecified atom stereocenters. The summed E-state index contributed by atoms with van der Waals surface area (Å²) in [6, 6.07) is 43.2. The molecule has 1 heterocycles. The minimum Gasteiger partial charge on any atom is -0.391 e. The summed E-state index contributed by atoms with van der Waals surface area (Å²) in [5, 5.41) is 4.23. The second kappa shape index (κ2) is 17.8. The SMILES string of the molecule is O=C(COCc1ccccc1)[C@@H](OCc1ccccc1)[C@H](OCc1ccccc1)[C@H](/C=N/OCc1ccccc1)N1C(=O)c2ccccc2C1=O. The zero-order valence-corrected chi connectivity index (χ0v) is 28.0. The van der Waals surface area contributed by atoms with E-state index in [1.54, 1.807) is 24.3 Å². The number of nitrogens with zero attached hydrogens (tertiary/aromatic N) is 2. The topological polar surface area (TPSA) is 104 Å². The highest BCUT2D eigenvalue weighted by molar-refractivity contribution is 6.22. The van der Waals surface area contributed by atoms with Crippen molar-refractivity contribution in [2.24, 2.45) is 5.16 Å². The van der Waals surface area contributed by atoms with Gasteiger partial charge in [0.15, 0.2) is 5.78 Å². The van der Waals surface area contributed by atoms with E-state index in [4.69, 9.17) is 19.0 Å². The Balaban J connectivity index is 1.36. The van der Waals surface area contributed by atoms with Crippen molar-refractivity contribution in [3.8, 4) is 0 Å². The average molecular weight is 683 g/mol. The van der Waals surface area contributed by atoms with Crippen molar-refractivity contribution in [2.75, 3.05) is 6.61 Å². The largest absolute Gasteiger partial charge is 0.391 e. The number of hydrogen-bond donors (Lipinski definition) is 0. The van der Waals surface area contributed by atoms with Crippen LogP contribution < -0.4 is 0 Å². The van der Waals surface area contributed by atoms with E-state index in [0.29, 0.717) is 0 Å². The van der Waals surface area contributed by atoms with Crippen LogP contribution in [0.2, 0.25) is 0 Å². The van der Waals surface area contributed by atoms with E-state index in [-0.39, 0.29) is 44.2 Å². The lowest BCUT2D eigenvalue weighted by atomic mass is 10.00. The van der Waals surface area contributed by atoms with E-state index in [9.17, 15) is 14.4 Å². The van der Waals surface area contributed by atoms with Gasteiger partial charge in [-0.15, -0.1) is 0 Å². The lowest BCUT2D eigenvalue weighted by molar-refractivity contribution is -0.153. The summed E-state index contributed by atoms with van der Waals surface area (Å²) in [6.45, 7) is 0.132. The number of carbonyl (C=O) groups is 3. The number of ether oxygens (including phenoxy) is 3. The Morgan fingerprint density at radius 2 is 1.00 bits per heavy atom. The van der Waals surface area contributed by atoms with Gasteiger partial charge in [0, 0.05) is 0 Å². The van der Waals surface area contributed by atoms with Gasteiger partial charge in [-0.3, -0.25) is 19.3 Å². The van der Waals surface area contributed by atoms with Crippen LogP contribution in [0.4, 0.5) is 0 Å². The maximum Gasteiger partial charge on any atom is 0.262 e. The Morgan fingerprint density at radius 3 is 1.51 bits per heavy atom. The monoisotopic (exact) mass is 682 g/mol. The molecular weight excluding hydrogens is 644 g/mol. The molecule has 0 radical (unpaired) electrons. The molecule has 0 spiro atoms. The van der Waals surface area contributed by atoms with E-state index < -0.39 is 35.8 Å². The van der Waals surface area contributed by atoms with E-state index >= 15 is 0 Å². The van der Waals surface area contributed by atoms with Gasteiger partial charge in [-0.25, -0.2) is 0 Å². The van der Waals surface area contributed by atoms with Gasteiger partial charge in [-0.05, 0) is 34.4 Å². The third-order valence-electron chi connectivity index (χ3n) is 8.35. The molecule has 0 saturated heterocycles. The maximum atomic E-state index is 14.2. The molecule has 5 aromatic carbocycles. The lowest BCUT2D eigenvalue weighted by Gasteiger charge is -2.35. The van der Waals surface area contributed by atoms with Crippen LogP contribution in [0.15, 0.2) is 151 Å². The predicted octanol–water partition coefficient (Wildman–Crippen LogP) is 6.81. The molecule has 6 rings (SSSR count). The summed E-state index contributed by atoms with van der Waals surface area (Å²) in [7, 11) is 0. The number of Topliss-reactive ketones (excluding diaryl/α,β-unsaturated/α-hetero) is 1. The Morgan fingerprint density at radius 1 is 0.569 bits per heavy atom. The Kier molecular flexibility index (Phi) is 12.2. The van der Waals surface area contributed by atoms with Gasteiger partial charge in [-0.1, -0.05) is 139 Å². The first-order valence-corrected chi connectivity index (χ1v) is 16.7. The van der Waals surface area contributed by atoms with Crippen LogP contribution in [-0.4, -0.2) is 53.6 Å². The molecule has 1 aliphatic heterocycles. The van der Waals surface area contributed by atoms with Gasteiger partial charge in [-0.2, -0.15) is 0 Å². The number of ketones is 1. The van der Waals surface area contributed by atoms with Crippen LogP contribution in [0, 0.1) is 0 Å². The van der Waals surface area contributed by atoms with Crippen LogP contribution in [0.3, 0.4) is 0 Å². The van der Waals surface area contributed by atoms with Crippen molar-refractivity contribution in [3.63, 3.8) is 0 Å².